The topological polar surface area (TPSA) is 15.6 Å². The van der Waals surface area contributed by atoms with E-state index < -0.39 is 0 Å². The molecule has 82 valence electrons. The van der Waals surface area contributed by atoms with Crippen molar-refractivity contribution in [3.05, 3.63) is 0 Å². The van der Waals surface area contributed by atoms with E-state index in [4.69, 9.17) is 0 Å². The van der Waals surface area contributed by atoms with Gasteiger partial charge >= 0.3 is 0 Å². The van der Waals surface area contributed by atoms with Crippen molar-refractivity contribution in [1.82, 2.24) is 5.01 Å². The lowest BCUT2D eigenvalue weighted by Gasteiger charge is -2.38. The highest BCUT2D eigenvalue weighted by molar-refractivity contribution is 14.1. The Morgan fingerprint density at radius 1 is 1.29 bits per heavy atom. The van der Waals surface area contributed by atoms with Gasteiger partial charge < -0.3 is 0 Å². The van der Waals surface area contributed by atoms with Gasteiger partial charge in [-0.1, -0.05) is 29.5 Å². The molecule has 0 saturated carbocycles. The van der Waals surface area contributed by atoms with Gasteiger partial charge in [0.05, 0.1) is 0 Å². The predicted octanol–water partition coefficient (Wildman–Crippen LogP) is 3.31. The first-order valence-electron chi connectivity index (χ1n) is 5.08. The summed E-state index contributed by atoms with van der Waals surface area (Å²) in [5.74, 6) is 0. The second-order valence-electron chi connectivity index (χ2n) is 5.86. The lowest BCUT2D eigenvalue weighted by Crippen LogP contribution is -2.45. The summed E-state index contributed by atoms with van der Waals surface area (Å²) in [6.07, 6.45) is 2.12. The normalized spacial score (nSPS) is 28.6. The van der Waals surface area contributed by atoms with E-state index in [1.807, 2.05) is 0 Å². The molecule has 14 heavy (non-hydrogen) atoms. The van der Waals surface area contributed by atoms with Crippen molar-refractivity contribution >= 4 is 28.8 Å². The molecule has 2 nitrogen and oxygen atoms in total. The largest absolute Gasteiger partial charge is 0.291 e. The van der Waals surface area contributed by atoms with Crippen LogP contribution in [0.5, 0.6) is 0 Å². The second kappa shape index (κ2) is 3.35. The molecule has 1 heterocycles. The smallest absolute Gasteiger partial charge is 0.0495 e. The van der Waals surface area contributed by atoms with Crippen LogP contribution in [-0.2, 0) is 0 Å². The van der Waals surface area contributed by atoms with Gasteiger partial charge in [-0.15, -0.1) is 0 Å². The number of nitrogens with zero attached hydrogens (tertiary/aromatic N) is 2. The summed E-state index contributed by atoms with van der Waals surface area (Å²) in [5, 5.41) is 6.72. The Kier molecular flexibility index (Phi) is 2.94. The van der Waals surface area contributed by atoms with Crippen LogP contribution in [-0.4, -0.2) is 26.7 Å². The maximum Gasteiger partial charge on any atom is 0.0495 e. The molecule has 1 aliphatic heterocycles. The van der Waals surface area contributed by atoms with Gasteiger partial charge in [0, 0.05) is 27.1 Å². The van der Waals surface area contributed by atoms with Crippen molar-refractivity contribution in [2.75, 3.05) is 6.54 Å². The molecule has 0 N–H and O–H groups in total. The monoisotopic (exact) mass is 308 g/mol. The van der Waals surface area contributed by atoms with E-state index in [2.05, 4.69) is 80.5 Å². The molecular formula is C11H21IN2. The van der Waals surface area contributed by atoms with E-state index in [0.717, 1.165) is 6.54 Å². The van der Waals surface area contributed by atoms with Gasteiger partial charge in [0.25, 0.3) is 0 Å². The Bertz CT molecular complexity index is 247. The van der Waals surface area contributed by atoms with Crippen molar-refractivity contribution in [2.24, 2.45) is 10.5 Å². The van der Waals surface area contributed by atoms with Crippen LogP contribution in [0.25, 0.3) is 0 Å². The van der Waals surface area contributed by atoms with E-state index in [-0.39, 0.29) is 14.4 Å². The summed E-state index contributed by atoms with van der Waals surface area (Å²) in [7, 11) is 0. The Labute approximate surface area is 101 Å². The lowest BCUT2D eigenvalue weighted by atomic mass is 9.80. The van der Waals surface area contributed by atoms with Crippen LogP contribution < -0.4 is 0 Å². The van der Waals surface area contributed by atoms with E-state index in [9.17, 15) is 0 Å². The summed E-state index contributed by atoms with van der Waals surface area (Å²) in [6, 6.07) is 0. The summed E-state index contributed by atoms with van der Waals surface area (Å²) in [5.41, 5.74) is 0.316. The first-order chi connectivity index (χ1) is 6.06. The Morgan fingerprint density at radius 3 is 2.00 bits per heavy atom. The standard InChI is InChI=1S/C11H21IN2/c1-9(2,3)14-8-11(6,7-13-14)10(4,5)12/h7H,8H2,1-6H3. The number of hydrazone groups is 1. The molecule has 0 saturated heterocycles. The molecule has 0 radical (unpaired) electrons. The van der Waals surface area contributed by atoms with Gasteiger partial charge in [0.2, 0.25) is 0 Å². The maximum atomic E-state index is 4.53. The summed E-state index contributed by atoms with van der Waals surface area (Å²) in [4.78, 5) is 0. The fourth-order valence-electron chi connectivity index (χ4n) is 1.34. The van der Waals surface area contributed by atoms with E-state index in [1.54, 1.807) is 0 Å². The lowest BCUT2D eigenvalue weighted by molar-refractivity contribution is 0.124. The molecule has 0 spiro atoms. The van der Waals surface area contributed by atoms with Crippen LogP contribution in [0.3, 0.4) is 0 Å². The maximum absolute atomic E-state index is 4.53. The number of rotatable bonds is 1. The minimum absolute atomic E-state index is 0.135. The van der Waals surface area contributed by atoms with Gasteiger partial charge in [-0.3, -0.25) is 5.01 Å². The highest BCUT2D eigenvalue weighted by atomic mass is 127. The fourth-order valence-corrected chi connectivity index (χ4v) is 1.65. The highest BCUT2D eigenvalue weighted by Gasteiger charge is 2.44. The van der Waals surface area contributed by atoms with Crippen LogP contribution >= 0.6 is 22.6 Å². The van der Waals surface area contributed by atoms with Gasteiger partial charge in [0.15, 0.2) is 0 Å². The third-order valence-corrected chi connectivity index (χ3v) is 4.32. The van der Waals surface area contributed by atoms with E-state index >= 15 is 0 Å². The molecule has 0 bridgehead atoms. The minimum Gasteiger partial charge on any atom is -0.291 e. The third kappa shape index (κ3) is 2.23. The summed E-state index contributed by atoms with van der Waals surface area (Å²) < 4.78 is 0.244. The Hall–Kier alpha value is 0.200. The minimum atomic E-state index is 0.135. The quantitative estimate of drug-likeness (QED) is 0.536. The number of alkyl halides is 1. The van der Waals surface area contributed by atoms with Crippen LogP contribution in [0, 0.1) is 5.41 Å². The van der Waals surface area contributed by atoms with Crippen molar-refractivity contribution in [3.63, 3.8) is 0 Å². The van der Waals surface area contributed by atoms with Gasteiger partial charge in [-0.2, -0.15) is 5.10 Å². The molecule has 1 unspecified atom stereocenters. The third-order valence-electron chi connectivity index (χ3n) is 3.09. The molecule has 0 aliphatic carbocycles. The molecule has 1 aliphatic rings. The average Bonchev–Trinajstić information content (AvgIpc) is 2.29. The fraction of sp³-hybridized carbons (Fsp3) is 0.909. The molecule has 1 rings (SSSR count). The van der Waals surface area contributed by atoms with Crippen LogP contribution in [0.4, 0.5) is 0 Å². The molecule has 3 heteroatoms. The van der Waals surface area contributed by atoms with Crippen LogP contribution in [0.2, 0.25) is 0 Å². The summed E-state index contributed by atoms with van der Waals surface area (Å²) >= 11 is 2.52. The van der Waals surface area contributed by atoms with Crippen molar-refractivity contribution in [1.29, 1.82) is 0 Å². The average molecular weight is 308 g/mol. The molecular weight excluding hydrogens is 287 g/mol. The highest BCUT2D eigenvalue weighted by Crippen LogP contribution is 2.42. The molecule has 0 fully saturated rings. The molecule has 1 atom stereocenters. The molecule has 0 aromatic rings. The zero-order chi connectivity index (χ0) is 11.2. The SMILES string of the molecule is CC(C)(C)N1CC(C)(C(C)(C)I)C=N1. The first-order valence-corrected chi connectivity index (χ1v) is 6.16. The Morgan fingerprint density at radius 2 is 1.79 bits per heavy atom. The van der Waals surface area contributed by atoms with Crippen LogP contribution in [0.1, 0.15) is 41.5 Å². The predicted molar refractivity (Wildman–Crippen MR) is 71.2 cm³/mol. The molecule has 0 aromatic heterocycles. The van der Waals surface area contributed by atoms with Gasteiger partial charge in [-0.05, 0) is 34.6 Å². The second-order valence-corrected chi connectivity index (χ2v) is 8.56. The van der Waals surface area contributed by atoms with E-state index in [0.29, 0.717) is 0 Å². The van der Waals surface area contributed by atoms with Crippen molar-refractivity contribution in [2.45, 2.75) is 50.5 Å². The van der Waals surface area contributed by atoms with Crippen molar-refractivity contribution < 1.29 is 0 Å². The zero-order valence-corrected chi connectivity index (χ0v) is 12.2. The summed E-state index contributed by atoms with van der Waals surface area (Å²) in [6.45, 7) is 14.5. The van der Waals surface area contributed by atoms with Crippen LogP contribution in [0.15, 0.2) is 5.10 Å². The number of hydrogen-bond acceptors (Lipinski definition) is 2. The number of halogens is 1. The first kappa shape index (κ1) is 12.3. The molecule has 0 amide bonds. The molecule has 0 aromatic carbocycles. The number of hydrogen-bond donors (Lipinski definition) is 0. The zero-order valence-electron chi connectivity index (χ0n) is 10.1. The van der Waals surface area contributed by atoms with Gasteiger partial charge in [0.1, 0.15) is 0 Å². The van der Waals surface area contributed by atoms with Crippen molar-refractivity contribution in [3.8, 4) is 0 Å². The van der Waals surface area contributed by atoms with Gasteiger partial charge in [-0.25, -0.2) is 0 Å². The Balaban J connectivity index is 2.82. The van der Waals surface area contributed by atoms with E-state index in [1.165, 1.54) is 0 Å².